The Hall–Kier alpha value is -2.21. The standard InChI is InChI=1S/C25H33N3O2/c29-24(20-28-15-13-27(14-16-28)19-22-7-3-1-4-8-22)26-21-25(11-17-30-18-12-25)23-9-5-2-6-10-23/h1-10H,11-21H2,(H,26,29). The Morgan fingerprint density at radius 2 is 1.47 bits per heavy atom. The number of carbonyl (C=O) groups is 1. The molecule has 2 saturated heterocycles. The van der Waals surface area contributed by atoms with Crippen molar-refractivity contribution in [1.29, 1.82) is 0 Å². The fourth-order valence-corrected chi connectivity index (χ4v) is 4.60. The molecular weight excluding hydrogens is 374 g/mol. The molecule has 30 heavy (non-hydrogen) atoms. The quantitative estimate of drug-likeness (QED) is 0.767. The van der Waals surface area contributed by atoms with Crippen molar-refractivity contribution in [3.63, 3.8) is 0 Å². The minimum absolute atomic E-state index is 0.0104. The van der Waals surface area contributed by atoms with E-state index in [-0.39, 0.29) is 11.3 Å². The zero-order valence-corrected chi connectivity index (χ0v) is 17.8. The number of benzene rings is 2. The molecule has 4 rings (SSSR count). The molecule has 0 radical (unpaired) electrons. The van der Waals surface area contributed by atoms with E-state index in [1.165, 1.54) is 11.1 Å². The molecule has 0 aliphatic carbocycles. The molecule has 2 aliphatic rings. The molecule has 0 unspecified atom stereocenters. The lowest BCUT2D eigenvalue weighted by Gasteiger charge is -2.38. The molecule has 5 nitrogen and oxygen atoms in total. The van der Waals surface area contributed by atoms with Crippen LogP contribution in [0.15, 0.2) is 60.7 Å². The summed E-state index contributed by atoms with van der Waals surface area (Å²) in [6, 6.07) is 21.2. The predicted octanol–water partition coefficient (Wildman–Crippen LogP) is 2.67. The molecule has 1 N–H and O–H groups in total. The maximum Gasteiger partial charge on any atom is 0.234 e. The molecule has 1 amide bonds. The summed E-state index contributed by atoms with van der Waals surface area (Å²) in [5.41, 5.74) is 2.65. The molecule has 0 bridgehead atoms. The highest BCUT2D eigenvalue weighted by atomic mass is 16.5. The molecule has 2 heterocycles. The van der Waals surface area contributed by atoms with Gasteiger partial charge in [0.05, 0.1) is 6.54 Å². The number of nitrogens with one attached hydrogen (secondary N) is 1. The number of carbonyl (C=O) groups excluding carboxylic acids is 1. The molecule has 160 valence electrons. The first-order valence-corrected chi connectivity index (χ1v) is 11.1. The van der Waals surface area contributed by atoms with Crippen molar-refractivity contribution in [2.45, 2.75) is 24.8 Å². The summed E-state index contributed by atoms with van der Waals surface area (Å²) >= 11 is 0. The van der Waals surface area contributed by atoms with Crippen molar-refractivity contribution in [1.82, 2.24) is 15.1 Å². The molecule has 0 aromatic heterocycles. The van der Waals surface area contributed by atoms with Crippen molar-refractivity contribution in [2.75, 3.05) is 52.5 Å². The van der Waals surface area contributed by atoms with Gasteiger partial charge in [-0.05, 0) is 24.0 Å². The number of rotatable bonds is 7. The van der Waals surface area contributed by atoms with Crippen LogP contribution in [0.25, 0.3) is 0 Å². The van der Waals surface area contributed by atoms with Gasteiger partial charge < -0.3 is 10.1 Å². The lowest BCUT2D eigenvalue weighted by atomic mass is 9.74. The summed E-state index contributed by atoms with van der Waals surface area (Å²) in [7, 11) is 0. The van der Waals surface area contributed by atoms with Crippen LogP contribution in [0.2, 0.25) is 0 Å². The van der Waals surface area contributed by atoms with E-state index in [1.54, 1.807) is 0 Å². The highest BCUT2D eigenvalue weighted by molar-refractivity contribution is 5.78. The molecule has 5 heteroatoms. The number of hydrogen-bond donors (Lipinski definition) is 1. The highest BCUT2D eigenvalue weighted by Crippen LogP contribution is 2.34. The van der Waals surface area contributed by atoms with Gasteiger partial charge in [0.1, 0.15) is 0 Å². The minimum Gasteiger partial charge on any atom is -0.381 e. The van der Waals surface area contributed by atoms with E-state index in [4.69, 9.17) is 4.74 Å². The fourth-order valence-electron chi connectivity index (χ4n) is 4.60. The Labute approximate surface area is 180 Å². The first-order valence-electron chi connectivity index (χ1n) is 11.1. The first-order chi connectivity index (χ1) is 14.7. The van der Waals surface area contributed by atoms with Crippen LogP contribution in [0.1, 0.15) is 24.0 Å². The lowest BCUT2D eigenvalue weighted by Crippen LogP contribution is -2.51. The molecule has 0 spiro atoms. The van der Waals surface area contributed by atoms with Gasteiger partial charge in [0, 0.05) is 57.9 Å². The van der Waals surface area contributed by atoms with Gasteiger partial charge in [-0.2, -0.15) is 0 Å². The summed E-state index contributed by atoms with van der Waals surface area (Å²) in [5, 5.41) is 3.24. The molecule has 0 saturated carbocycles. The van der Waals surface area contributed by atoms with Crippen LogP contribution in [-0.4, -0.2) is 68.2 Å². The van der Waals surface area contributed by atoms with E-state index in [1.807, 2.05) is 6.07 Å². The van der Waals surface area contributed by atoms with Crippen LogP contribution >= 0.6 is 0 Å². The molecule has 2 aromatic carbocycles. The third-order valence-electron chi connectivity index (χ3n) is 6.54. The Bertz CT molecular complexity index is 783. The average Bonchev–Trinajstić information content (AvgIpc) is 2.81. The zero-order valence-electron chi connectivity index (χ0n) is 17.8. The van der Waals surface area contributed by atoms with E-state index in [0.717, 1.165) is 58.8 Å². The number of hydrogen-bond acceptors (Lipinski definition) is 4. The summed E-state index contributed by atoms with van der Waals surface area (Å²) in [6.45, 7) is 7.58. The smallest absolute Gasteiger partial charge is 0.234 e. The topological polar surface area (TPSA) is 44.8 Å². The van der Waals surface area contributed by atoms with Crippen LogP contribution in [0.4, 0.5) is 0 Å². The normalized spacial score (nSPS) is 20.0. The third kappa shape index (κ3) is 5.48. The zero-order chi connectivity index (χ0) is 20.7. The van der Waals surface area contributed by atoms with Crippen LogP contribution < -0.4 is 5.32 Å². The largest absolute Gasteiger partial charge is 0.381 e. The van der Waals surface area contributed by atoms with Crippen LogP contribution in [-0.2, 0) is 21.5 Å². The Morgan fingerprint density at radius 1 is 0.867 bits per heavy atom. The Morgan fingerprint density at radius 3 is 2.13 bits per heavy atom. The fraction of sp³-hybridized carbons (Fsp3) is 0.480. The van der Waals surface area contributed by atoms with E-state index in [9.17, 15) is 4.79 Å². The second-order valence-electron chi connectivity index (χ2n) is 8.57. The van der Waals surface area contributed by atoms with Crippen molar-refractivity contribution >= 4 is 5.91 Å². The van der Waals surface area contributed by atoms with Gasteiger partial charge in [0.2, 0.25) is 5.91 Å². The first kappa shape index (κ1) is 21.0. The van der Waals surface area contributed by atoms with Gasteiger partial charge in [-0.25, -0.2) is 0 Å². The van der Waals surface area contributed by atoms with E-state index in [2.05, 4.69) is 69.7 Å². The van der Waals surface area contributed by atoms with Gasteiger partial charge >= 0.3 is 0 Å². The van der Waals surface area contributed by atoms with E-state index in [0.29, 0.717) is 13.1 Å². The summed E-state index contributed by atoms with van der Waals surface area (Å²) in [4.78, 5) is 17.4. The van der Waals surface area contributed by atoms with Crippen molar-refractivity contribution < 1.29 is 9.53 Å². The molecule has 2 aromatic rings. The van der Waals surface area contributed by atoms with Crippen molar-refractivity contribution in [3.05, 3.63) is 71.8 Å². The van der Waals surface area contributed by atoms with Gasteiger partial charge in [-0.3, -0.25) is 14.6 Å². The van der Waals surface area contributed by atoms with Gasteiger partial charge in [0.15, 0.2) is 0 Å². The van der Waals surface area contributed by atoms with Gasteiger partial charge in [-0.1, -0.05) is 60.7 Å². The Balaban J connectivity index is 1.24. The number of ether oxygens (including phenoxy) is 1. The summed E-state index contributed by atoms with van der Waals surface area (Å²) < 4.78 is 5.60. The maximum atomic E-state index is 12.7. The predicted molar refractivity (Wildman–Crippen MR) is 119 cm³/mol. The third-order valence-corrected chi connectivity index (χ3v) is 6.54. The number of piperazine rings is 1. The van der Waals surface area contributed by atoms with Crippen molar-refractivity contribution in [2.24, 2.45) is 0 Å². The molecule has 2 fully saturated rings. The number of nitrogens with zero attached hydrogens (tertiary/aromatic N) is 2. The lowest BCUT2D eigenvalue weighted by molar-refractivity contribution is -0.123. The van der Waals surface area contributed by atoms with Gasteiger partial charge in [-0.15, -0.1) is 0 Å². The second-order valence-corrected chi connectivity index (χ2v) is 8.57. The summed E-state index contributed by atoms with van der Waals surface area (Å²) in [6.07, 6.45) is 1.91. The molecular formula is C25H33N3O2. The maximum absolute atomic E-state index is 12.7. The summed E-state index contributed by atoms with van der Waals surface area (Å²) in [5.74, 6) is 0.133. The van der Waals surface area contributed by atoms with Crippen molar-refractivity contribution in [3.8, 4) is 0 Å². The molecule has 2 aliphatic heterocycles. The van der Waals surface area contributed by atoms with Crippen LogP contribution in [0, 0.1) is 0 Å². The minimum atomic E-state index is -0.0104. The van der Waals surface area contributed by atoms with Gasteiger partial charge in [0.25, 0.3) is 0 Å². The second kappa shape index (κ2) is 10.2. The average molecular weight is 408 g/mol. The molecule has 0 atom stereocenters. The van der Waals surface area contributed by atoms with E-state index < -0.39 is 0 Å². The van der Waals surface area contributed by atoms with Crippen LogP contribution in [0.3, 0.4) is 0 Å². The highest BCUT2D eigenvalue weighted by Gasteiger charge is 2.34. The van der Waals surface area contributed by atoms with E-state index >= 15 is 0 Å². The SMILES string of the molecule is O=C(CN1CCN(Cc2ccccc2)CC1)NCC1(c2ccccc2)CCOCC1. The van der Waals surface area contributed by atoms with Crippen LogP contribution in [0.5, 0.6) is 0 Å². The number of amides is 1. The monoisotopic (exact) mass is 407 g/mol. The Kier molecular flexibility index (Phi) is 7.16.